The first-order valence-corrected chi connectivity index (χ1v) is 10.6. The number of ether oxygens (including phenoxy) is 1. The minimum absolute atomic E-state index is 0.212. The van der Waals surface area contributed by atoms with Crippen molar-refractivity contribution in [2.75, 3.05) is 13.1 Å². The molecule has 1 aliphatic heterocycles. The zero-order valence-electron chi connectivity index (χ0n) is 18.0. The molecule has 0 saturated carbocycles. The van der Waals surface area contributed by atoms with Crippen LogP contribution in [0.15, 0.2) is 54.7 Å². The molecule has 30 heavy (non-hydrogen) atoms. The van der Waals surface area contributed by atoms with Gasteiger partial charge in [-0.2, -0.15) is 0 Å². The maximum Gasteiger partial charge on any atom is 0.410 e. The van der Waals surface area contributed by atoms with Gasteiger partial charge in [0.1, 0.15) is 11.4 Å². The van der Waals surface area contributed by atoms with Gasteiger partial charge < -0.3 is 19.3 Å². The zero-order chi connectivity index (χ0) is 21.3. The number of rotatable bonds is 3. The number of aromatic hydroxyl groups is 1. The topological polar surface area (TPSA) is 54.7 Å². The summed E-state index contributed by atoms with van der Waals surface area (Å²) in [6.45, 7) is 7.91. The van der Waals surface area contributed by atoms with Crippen LogP contribution < -0.4 is 0 Å². The van der Waals surface area contributed by atoms with Crippen LogP contribution in [-0.4, -0.2) is 39.4 Å². The van der Waals surface area contributed by atoms with Gasteiger partial charge in [-0.25, -0.2) is 4.79 Å². The molecule has 4 rings (SSSR count). The summed E-state index contributed by atoms with van der Waals surface area (Å²) in [5.74, 6) is 0.711. The summed E-state index contributed by atoms with van der Waals surface area (Å²) in [6.07, 6.45) is 3.93. The van der Waals surface area contributed by atoms with Gasteiger partial charge in [0.25, 0.3) is 0 Å². The van der Waals surface area contributed by atoms with Crippen LogP contribution in [0.25, 0.3) is 10.9 Å². The number of carbonyl (C=O) groups is 1. The van der Waals surface area contributed by atoms with Crippen LogP contribution in [-0.2, 0) is 11.3 Å². The number of aromatic nitrogens is 1. The Labute approximate surface area is 177 Å². The molecule has 1 amide bonds. The van der Waals surface area contributed by atoms with E-state index in [-0.39, 0.29) is 11.8 Å². The van der Waals surface area contributed by atoms with Gasteiger partial charge in [-0.05, 0) is 68.9 Å². The van der Waals surface area contributed by atoms with E-state index >= 15 is 0 Å². The zero-order valence-corrected chi connectivity index (χ0v) is 18.0. The first-order chi connectivity index (χ1) is 14.3. The highest BCUT2D eigenvalue weighted by atomic mass is 16.6. The van der Waals surface area contributed by atoms with E-state index < -0.39 is 5.60 Å². The normalized spacial score (nSPS) is 15.5. The average molecular weight is 407 g/mol. The standard InChI is InChI=1S/C25H30N2O3/c1-25(2,3)30-24(29)26-14-12-19(13-15-26)22-17-27(23-7-5-4-6-21(22)23)16-18-8-10-20(28)11-9-18/h4-11,17,19,28H,12-16H2,1-3H3. The van der Waals surface area contributed by atoms with Crippen LogP contribution in [0, 0.1) is 0 Å². The summed E-state index contributed by atoms with van der Waals surface area (Å²) in [5.41, 5.74) is 3.26. The second kappa shape index (κ2) is 8.05. The summed E-state index contributed by atoms with van der Waals surface area (Å²) in [4.78, 5) is 14.2. The Bertz CT molecular complexity index is 1020. The van der Waals surface area contributed by atoms with E-state index in [4.69, 9.17) is 4.74 Å². The van der Waals surface area contributed by atoms with E-state index in [0.29, 0.717) is 5.92 Å². The number of fused-ring (bicyclic) bond motifs is 1. The highest BCUT2D eigenvalue weighted by molar-refractivity contribution is 5.84. The minimum atomic E-state index is -0.463. The van der Waals surface area contributed by atoms with Gasteiger partial charge in [0.05, 0.1) is 0 Å². The van der Waals surface area contributed by atoms with Crippen LogP contribution in [0.4, 0.5) is 4.79 Å². The molecule has 1 aromatic heterocycles. The molecule has 0 bridgehead atoms. The third kappa shape index (κ3) is 4.45. The van der Waals surface area contributed by atoms with Crippen molar-refractivity contribution in [3.8, 4) is 5.75 Å². The number of amides is 1. The van der Waals surface area contributed by atoms with E-state index in [0.717, 1.165) is 38.0 Å². The monoisotopic (exact) mass is 406 g/mol. The molecule has 2 heterocycles. The Balaban J connectivity index is 1.52. The molecule has 0 aliphatic carbocycles. The second-order valence-electron chi connectivity index (χ2n) is 9.14. The number of phenols is 1. The molecule has 0 unspecified atom stereocenters. The first kappa shape index (κ1) is 20.3. The number of hydrogen-bond acceptors (Lipinski definition) is 3. The summed E-state index contributed by atoms with van der Waals surface area (Å²) in [6, 6.07) is 15.9. The number of hydrogen-bond donors (Lipinski definition) is 1. The predicted octanol–water partition coefficient (Wildman–Crippen LogP) is 5.51. The molecule has 5 nitrogen and oxygen atoms in total. The molecule has 0 spiro atoms. The minimum Gasteiger partial charge on any atom is -0.508 e. The number of phenolic OH excluding ortho intramolecular Hbond substituents is 1. The lowest BCUT2D eigenvalue weighted by molar-refractivity contribution is 0.0205. The lowest BCUT2D eigenvalue weighted by Crippen LogP contribution is -2.41. The summed E-state index contributed by atoms with van der Waals surface area (Å²) >= 11 is 0. The van der Waals surface area contributed by atoms with Gasteiger partial charge in [0.15, 0.2) is 0 Å². The fraction of sp³-hybridized carbons (Fsp3) is 0.400. The number of benzene rings is 2. The Morgan fingerprint density at radius 2 is 1.73 bits per heavy atom. The van der Waals surface area contributed by atoms with Crippen LogP contribution in [0.2, 0.25) is 0 Å². The molecule has 1 N–H and O–H groups in total. The highest BCUT2D eigenvalue weighted by Gasteiger charge is 2.28. The van der Waals surface area contributed by atoms with E-state index in [1.54, 1.807) is 12.1 Å². The van der Waals surface area contributed by atoms with Crippen molar-refractivity contribution in [1.29, 1.82) is 0 Å². The van der Waals surface area contributed by atoms with Crippen molar-refractivity contribution in [1.82, 2.24) is 9.47 Å². The molecular weight excluding hydrogens is 376 g/mol. The quantitative estimate of drug-likeness (QED) is 0.624. The van der Waals surface area contributed by atoms with Crippen molar-refractivity contribution >= 4 is 17.0 Å². The summed E-state index contributed by atoms with van der Waals surface area (Å²) < 4.78 is 7.82. The average Bonchev–Trinajstić information content (AvgIpc) is 3.07. The Kier molecular flexibility index (Phi) is 5.46. The summed E-state index contributed by atoms with van der Waals surface area (Å²) in [5, 5.41) is 10.8. The predicted molar refractivity (Wildman–Crippen MR) is 119 cm³/mol. The maximum atomic E-state index is 12.4. The van der Waals surface area contributed by atoms with E-state index in [2.05, 4.69) is 35.0 Å². The van der Waals surface area contributed by atoms with Crippen LogP contribution in [0.5, 0.6) is 5.75 Å². The Hall–Kier alpha value is -2.95. The van der Waals surface area contributed by atoms with Crippen molar-refractivity contribution in [2.24, 2.45) is 0 Å². The molecule has 3 aromatic rings. The molecule has 1 aliphatic rings. The van der Waals surface area contributed by atoms with Crippen LogP contribution in [0.1, 0.15) is 50.7 Å². The third-order valence-corrected chi connectivity index (χ3v) is 5.70. The smallest absolute Gasteiger partial charge is 0.410 e. The number of carbonyl (C=O) groups excluding carboxylic acids is 1. The van der Waals surface area contributed by atoms with Crippen LogP contribution >= 0.6 is 0 Å². The molecule has 0 atom stereocenters. The fourth-order valence-electron chi connectivity index (χ4n) is 4.23. The lowest BCUT2D eigenvalue weighted by atomic mass is 9.89. The first-order valence-electron chi connectivity index (χ1n) is 10.6. The fourth-order valence-corrected chi connectivity index (χ4v) is 4.23. The van der Waals surface area contributed by atoms with E-state index in [1.807, 2.05) is 37.8 Å². The second-order valence-corrected chi connectivity index (χ2v) is 9.14. The number of piperidine rings is 1. The van der Waals surface area contributed by atoms with Gasteiger partial charge in [-0.3, -0.25) is 0 Å². The SMILES string of the molecule is CC(C)(C)OC(=O)N1CCC(c2cn(Cc3ccc(O)cc3)c3ccccc23)CC1. The number of nitrogens with zero attached hydrogens (tertiary/aromatic N) is 2. The molecular formula is C25H30N2O3. The lowest BCUT2D eigenvalue weighted by Gasteiger charge is -2.33. The molecule has 0 radical (unpaired) electrons. The molecule has 1 fully saturated rings. The van der Waals surface area contributed by atoms with Crippen molar-refractivity contribution in [2.45, 2.75) is 51.7 Å². The van der Waals surface area contributed by atoms with Gasteiger partial charge in [0, 0.05) is 36.7 Å². The van der Waals surface area contributed by atoms with E-state index in [9.17, 15) is 9.90 Å². The molecule has 2 aromatic carbocycles. The highest BCUT2D eigenvalue weighted by Crippen LogP contribution is 2.35. The third-order valence-electron chi connectivity index (χ3n) is 5.70. The van der Waals surface area contributed by atoms with Gasteiger partial charge in [-0.15, -0.1) is 0 Å². The Morgan fingerprint density at radius 3 is 2.40 bits per heavy atom. The number of para-hydroxylation sites is 1. The van der Waals surface area contributed by atoms with Crippen molar-refractivity contribution in [3.05, 3.63) is 65.9 Å². The maximum absolute atomic E-state index is 12.4. The van der Waals surface area contributed by atoms with Crippen LogP contribution in [0.3, 0.4) is 0 Å². The van der Waals surface area contributed by atoms with Crippen molar-refractivity contribution in [3.63, 3.8) is 0 Å². The molecule has 1 saturated heterocycles. The Morgan fingerprint density at radius 1 is 1.07 bits per heavy atom. The van der Waals surface area contributed by atoms with Gasteiger partial charge in [-0.1, -0.05) is 30.3 Å². The van der Waals surface area contributed by atoms with E-state index in [1.165, 1.54) is 16.5 Å². The van der Waals surface area contributed by atoms with Gasteiger partial charge >= 0.3 is 6.09 Å². The largest absolute Gasteiger partial charge is 0.508 e. The summed E-state index contributed by atoms with van der Waals surface area (Å²) in [7, 11) is 0. The molecule has 158 valence electrons. The molecule has 5 heteroatoms. The van der Waals surface area contributed by atoms with Crippen molar-refractivity contribution < 1.29 is 14.6 Å². The van der Waals surface area contributed by atoms with Gasteiger partial charge in [0.2, 0.25) is 0 Å². The number of likely N-dealkylation sites (tertiary alicyclic amines) is 1.